The zero-order valence-electron chi connectivity index (χ0n) is 5.75. The first-order valence-corrected chi connectivity index (χ1v) is 3.92. The number of carbonyl (C=O) groups excluding carboxylic acids is 1. The van der Waals surface area contributed by atoms with Gasteiger partial charge in [0.15, 0.2) is 0 Å². The Hall–Kier alpha value is -0.890. The molecule has 0 unspecified atom stereocenters. The van der Waals surface area contributed by atoms with Crippen molar-refractivity contribution >= 4 is 28.3 Å². The normalized spacial score (nSPS) is 10.3. The molecule has 0 heterocycles. The number of rotatable bonds is 2. The van der Waals surface area contributed by atoms with Gasteiger partial charge in [0.25, 0.3) is 0 Å². The summed E-state index contributed by atoms with van der Waals surface area (Å²) in [4.78, 5) is 9.82. The van der Waals surface area contributed by atoms with Gasteiger partial charge >= 0.3 is 0 Å². The standard InChI is InChI=1S/C9H6BrO/c10-9-5-3-8(4-6-9)2-1-7-11/h1-6H/b2-1+. The van der Waals surface area contributed by atoms with Gasteiger partial charge in [0.1, 0.15) is 0 Å². The van der Waals surface area contributed by atoms with Gasteiger partial charge in [0.2, 0.25) is 6.29 Å². The quantitative estimate of drug-likeness (QED) is 0.685. The first-order chi connectivity index (χ1) is 5.33. The highest BCUT2D eigenvalue weighted by atomic mass is 79.9. The number of benzene rings is 1. The van der Waals surface area contributed by atoms with Crippen LogP contribution in [0.2, 0.25) is 0 Å². The molecule has 0 bridgehead atoms. The summed E-state index contributed by atoms with van der Waals surface area (Å²) in [6, 6.07) is 7.67. The molecule has 1 aromatic carbocycles. The van der Waals surface area contributed by atoms with Crippen LogP contribution in [0.3, 0.4) is 0 Å². The molecule has 0 aliphatic carbocycles. The number of allylic oxidation sites excluding steroid dienone is 1. The van der Waals surface area contributed by atoms with Gasteiger partial charge in [-0.3, -0.25) is 4.79 Å². The third-order valence-corrected chi connectivity index (χ3v) is 1.74. The average molecular weight is 210 g/mol. The summed E-state index contributed by atoms with van der Waals surface area (Å²) in [5.41, 5.74) is 0.997. The molecule has 0 aliphatic heterocycles. The van der Waals surface area contributed by atoms with Gasteiger partial charge in [-0.25, -0.2) is 0 Å². The van der Waals surface area contributed by atoms with Crippen LogP contribution in [0, 0.1) is 0 Å². The molecule has 0 amide bonds. The van der Waals surface area contributed by atoms with Crippen molar-refractivity contribution in [2.45, 2.75) is 0 Å². The highest BCUT2D eigenvalue weighted by molar-refractivity contribution is 9.10. The van der Waals surface area contributed by atoms with Gasteiger partial charge in [-0.2, -0.15) is 0 Å². The fourth-order valence-corrected chi connectivity index (χ4v) is 0.968. The summed E-state index contributed by atoms with van der Waals surface area (Å²) in [7, 11) is 0. The lowest BCUT2D eigenvalue weighted by molar-refractivity contribution is 0.564. The molecular formula is C9H6BrO. The minimum absolute atomic E-state index is 0.997. The topological polar surface area (TPSA) is 17.1 Å². The Balaban J connectivity index is 2.81. The van der Waals surface area contributed by atoms with E-state index in [1.807, 2.05) is 24.3 Å². The molecule has 55 valence electrons. The minimum Gasteiger partial charge on any atom is -0.286 e. The molecule has 11 heavy (non-hydrogen) atoms. The van der Waals surface area contributed by atoms with E-state index in [0.29, 0.717) is 0 Å². The molecule has 1 radical (unpaired) electrons. The fraction of sp³-hybridized carbons (Fsp3) is 0. The van der Waals surface area contributed by atoms with Crippen LogP contribution in [0.4, 0.5) is 0 Å². The van der Waals surface area contributed by atoms with Crippen molar-refractivity contribution in [3.8, 4) is 0 Å². The van der Waals surface area contributed by atoms with E-state index in [2.05, 4.69) is 15.9 Å². The van der Waals surface area contributed by atoms with Crippen LogP contribution in [0.25, 0.3) is 6.08 Å². The molecule has 0 aliphatic rings. The molecule has 0 fully saturated rings. The maximum absolute atomic E-state index is 9.82. The number of hydrogen-bond donors (Lipinski definition) is 0. The highest BCUT2D eigenvalue weighted by Gasteiger charge is 1.85. The molecule has 1 aromatic rings. The van der Waals surface area contributed by atoms with Crippen LogP contribution in [0.1, 0.15) is 5.56 Å². The van der Waals surface area contributed by atoms with E-state index >= 15 is 0 Å². The van der Waals surface area contributed by atoms with E-state index in [1.54, 1.807) is 12.4 Å². The third-order valence-electron chi connectivity index (χ3n) is 1.21. The molecule has 0 aromatic heterocycles. The highest BCUT2D eigenvalue weighted by Crippen LogP contribution is 2.10. The molecule has 1 nitrogen and oxygen atoms in total. The molecule has 1 rings (SSSR count). The van der Waals surface area contributed by atoms with Gasteiger partial charge < -0.3 is 0 Å². The Labute approximate surface area is 73.9 Å². The van der Waals surface area contributed by atoms with Crippen molar-refractivity contribution < 1.29 is 4.79 Å². The first kappa shape index (κ1) is 8.21. The zero-order valence-corrected chi connectivity index (χ0v) is 7.34. The van der Waals surface area contributed by atoms with Crippen molar-refractivity contribution in [3.63, 3.8) is 0 Å². The summed E-state index contributed by atoms with van der Waals surface area (Å²) in [5.74, 6) is 0. The second-order valence-electron chi connectivity index (χ2n) is 2.00. The molecule has 2 heteroatoms. The largest absolute Gasteiger partial charge is 0.286 e. The van der Waals surface area contributed by atoms with Crippen molar-refractivity contribution in [1.29, 1.82) is 0 Å². The van der Waals surface area contributed by atoms with E-state index in [9.17, 15) is 4.79 Å². The van der Waals surface area contributed by atoms with E-state index in [4.69, 9.17) is 0 Å². The predicted molar refractivity (Wildman–Crippen MR) is 48.9 cm³/mol. The number of hydrogen-bond acceptors (Lipinski definition) is 1. The summed E-state index contributed by atoms with van der Waals surface area (Å²) in [5, 5.41) is 0. The van der Waals surface area contributed by atoms with Crippen LogP contribution < -0.4 is 0 Å². The first-order valence-electron chi connectivity index (χ1n) is 3.13. The van der Waals surface area contributed by atoms with Crippen LogP contribution in [-0.4, -0.2) is 6.29 Å². The van der Waals surface area contributed by atoms with E-state index in [-0.39, 0.29) is 0 Å². The molecule has 0 atom stereocenters. The minimum atomic E-state index is 0.997. The molecular weight excluding hydrogens is 204 g/mol. The van der Waals surface area contributed by atoms with Crippen molar-refractivity contribution in [2.75, 3.05) is 0 Å². The lowest BCUT2D eigenvalue weighted by atomic mass is 10.2. The SMILES string of the molecule is O=[C]/C=C/c1ccc(Br)cc1. The summed E-state index contributed by atoms with van der Waals surface area (Å²) in [6.07, 6.45) is 4.75. The van der Waals surface area contributed by atoms with Gasteiger partial charge in [-0.15, -0.1) is 0 Å². The molecule has 0 N–H and O–H groups in total. The van der Waals surface area contributed by atoms with E-state index in [0.717, 1.165) is 10.0 Å². The predicted octanol–water partition coefficient (Wildman–Crippen LogP) is 2.57. The van der Waals surface area contributed by atoms with E-state index in [1.165, 1.54) is 6.08 Å². The van der Waals surface area contributed by atoms with Crippen LogP contribution >= 0.6 is 15.9 Å². The Morgan fingerprint density at radius 3 is 2.45 bits per heavy atom. The molecule has 0 saturated carbocycles. The number of halogens is 1. The maximum Gasteiger partial charge on any atom is 0.225 e. The van der Waals surface area contributed by atoms with Crippen molar-refractivity contribution in [2.24, 2.45) is 0 Å². The summed E-state index contributed by atoms with van der Waals surface area (Å²) < 4.78 is 1.03. The van der Waals surface area contributed by atoms with Crippen LogP contribution in [0.15, 0.2) is 34.8 Å². The van der Waals surface area contributed by atoms with Gasteiger partial charge in [0, 0.05) is 4.47 Å². The Morgan fingerprint density at radius 1 is 1.27 bits per heavy atom. The van der Waals surface area contributed by atoms with Crippen molar-refractivity contribution in [1.82, 2.24) is 0 Å². The third kappa shape index (κ3) is 2.68. The summed E-state index contributed by atoms with van der Waals surface area (Å²) in [6.45, 7) is 0. The maximum atomic E-state index is 9.82. The lowest BCUT2D eigenvalue weighted by Crippen LogP contribution is -1.70. The summed E-state index contributed by atoms with van der Waals surface area (Å²) >= 11 is 3.31. The van der Waals surface area contributed by atoms with Crippen LogP contribution in [0.5, 0.6) is 0 Å². The molecule has 0 saturated heterocycles. The molecule has 0 spiro atoms. The van der Waals surface area contributed by atoms with Gasteiger partial charge in [-0.05, 0) is 23.8 Å². The lowest BCUT2D eigenvalue weighted by Gasteiger charge is -1.90. The second kappa shape index (κ2) is 4.09. The zero-order chi connectivity index (χ0) is 8.10. The van der Waals surface area contributed by atoms with Crippen molar-refractivity contribution in [3.05, 3.63) is 40.4 Å². The van der Waals surface area contributed by atoms with Gasteiger partial charge in [0.05, 0.1) is 0 Å². The monoisotopic (exact) mass is 209 g/mol. The Morgan fingerprint density at radius 2 is 1.91 bits per heavy atom. The Bertz CT molecular complexity index is 261. The van der Waals surface area contributed by atoms with E-state index < -0.39 is 0 Å². The smallest absolute Gasteiger partial charge is 0.225 e. The second-order valence-corrected chi connectivity index (χ2v) is 2.92. The fourth-order valence-electron chi connectivity index (χ4n) is 0.704. The van der Waals surface area contributed by atoms with Gasteiger partial charge in [-0.1, -0.05) is 34.1 Å². The average Bonchev–Trinajstić information content (AvgIpc) is 2.04. The van der Waals surface area contributed by atoms with Crippen LogP contribution in [-0.2, 0) is 4.79 Å². The Kier molecular flexibility index (Phi) is 3.05.